The first-order chi connectivity index (χ1) is 8.61. The Morgan fingerprint density at radius 2 is 2.33 bits per heavy atom. The van der Waals surface area contributed by atoms with Crippen molar-refractivity contribution in [2.24, 2.45) is 5.92 Å². The van der Waals surface area contributed by atoms with Crippen molar-refractivity contribution < 1.29 is 19.4 Å². The Bertz CT molecular complexity index is 415. The number of rotatable bonds is 5. The Kier molecular flexibility index (Phi) is 4.04. The molecule has 1 aliphatic rings. The summed E-state index contributed by atoms with van der Waals surface area (Å²) in [5.41, 5.74) is 0. The van der Waals surface area contributed by atoms with E-state index < -0.39 is 5.97 Å². The maximum absolute atomic E-state index is 10.7. The quantitative estimate of drug-likeness (QED) is 0.745. The highest BCUT2D eigenvalue weighted by molar-refractivity contribution is 5.84. The maximum Gasteiger partial charge on any atom is 0.371 e. The van der Waals surface area contributed by atoms with Gasteiger partial charge in [0.15, 0.2) is 0 Å². The zero-order valence-corrected chi connectivity index (χ0v) is 10.4. The number of aliphatic hydroxyl groups excluding tert-OH is 1. The molecule has 0 bridgehead atoms. The first kappa shape index (κ1) is 13.1. The average Bonchev–Trinajstić information content (AvgIpc) is 2.96. The Morgan fingerprint density at radius 3 is 2.94 bits per heavy atom. The molecule has 1 aromatic heterocycles. The second-order valence-corrected chi connectivity index (χ2v) is 4.88. The fraction of sp³-hybridized carbons (Fsp3) is 0.615. The third-order valence-corrected chi connectivity index (χ3v) is 3.62. The van der Waals surface area contributed by atoms with Crippen LogP contribution < -0.4 is 5.32 Å². The van der Waals surface area contributed by atoms with E-state index >= 15 is 0 Å². The summed E-state index contributed by atoms with van der Waals surface area (Å²) in [6.07, 6.45) is 3.20. The van der Waals surface area contributed by atoms with Gasteiger partial charge in [-0.05, 0) is 37.8 Å². The topological polar surface area (TPSA) is 82.7 Å². The van der Waals surface area contributed by atoms with Gasteiger partial charge >= 0.3 is 5.97 Å². The summed E-state index contributed by atoms with van der Waals surface area (Å²) < 4.78 is 5.26. The first-order valence-electron chi connectivity index (χ1n) is 6.31. The van der Waals surface area contributed by atoms with Gasteiger partial charge in [-0.2, -0.15) is 0 Å². The molecule has 5 heteroatoms. The van der Waals surface area contributed by atoms with E-state index in [9.17, 15) is 9.90 Å². The lowest BCUT2D eigenvalue weighted by molar-refractivity contribution is 0.0659. The summed E-state index contributed by atoms with van der Waals surface area (Å²) in [5, 5.41) is 21.5. The lowest BCUT2D eigenvalue weighted by Crippen LogP contribution is -2.35. The lowest BCUT2D eigenvalue weighted by Gasteiger charge is -2.22. The minimum atomic E-state index is -1.05. The third-order valence-electron chi connectivity index (χ3n) is 3.62. The molecule has 1 aromatic rings. The zero-order valence-electron chi connectivity index (χ0n) is 10.4. The molecule has 100 valence electrons. The number of aliphatic hydroxyl groups is 1. The van der Waals surface area contributed by atoms with Gasteiger partial charge in [-0.3, -0.25) is 0 Å². The van der Waals surface area contributed by atoms with E-state index in [0.29, 0.717) is 11.7 Å². The normalized spacial score (nSPS) is 25.2. The minimum absolute atomic E-state index is 0.0382. The molecule has 2 rings (SSSR count). The smallest absolute Gasteiger partial charge is 0.371 e. The van der Waals surface area contributed by atoms with Crippen molar-refractivity contribution >= 4 is 5.97 Å². The number of furan rings is 1. The molecule has 1 saturated carbocycles. The molecule has 0 amide bonds. The van der Waals surface area contributed by atoms with E-state index in [2.05, 4.69) is 5.32 Å². The monoisotopic (exact) mass is 253 g/mol. The molecule has 0 radical (unpaired) electrons. The summed E-state index contributed by atoms with van der Waals surface area (Å²) in [4.78, 5) is 10.7. The molecule has 3 atom stereocenters. The molecular weight excluding hydrogens is 234 g/mol. The summed E-state index contributed by atoms with van der Waals surface area (Å²) in [6, 6.07) is 3.39. The molecule has 5 nitrogen and oxygen atoms in total. The number of aromatic carboxylic acids is 1. The second kappa shape index (κ2) is 5.54. The van der Waals surface area contributed by atoms with Crippen molar-refractivity contribution in [3.05, 3.63) is 23.7 Å². The molecule has 1 heterocycles. The van der Waals surface area contributed by atoms with Crippen molar-refractivity contribution in [3.63, 3.8) is 0 Å². The van der Waals surface area contributed by atoms with Crippen molar-refractivity contribution in [3.8, 4) is 0 Å². The van der Waals surface area contributed by atoms with Crippen LogP contribution in [0.5, 0.6) is 0 Å². The van der Waals surface area contributed by atoms with Crippen LogP contribution >= 0.6 is 0 Å². The van der Waals surface area contributed by atoms with Gasteiger partial charge in [0.2, 0.25) is 5.76 Å². The van der Waals surface area contributed by atoms with Crippen molar-refractivity contribution in [1.82, 2.24) is 5.32 Å². The molecular formula is C13H19NO4. The van der Waals surface area contributed by atoms with E-state index in [1.807, 2.05) is 6.92 Å². The van der Waals surface area contributed by atoms with Gasteiger partial charge in [-0.1, -0.05) is 6.42 Å². The number of carboxylic acids is 1. The number of carbonyl (C=O) groups is 1. The van der Waals surface area contributed by atoms with Gasteiger partial charge in [-0.25, -0.2) is 4.79 Å². The number of carboxylic acid groups (broad SMARTS) is 1. The Morgan fingerprint density at radius 1 is 1.56 bits per heavy atom. The van der Waals surface area contributed by atoms with Crippen molar-refractivity contribution in [2.75, 3.05) is 6.61 Å². The van der Waals surface area contributed by atoms with Crippen LogP contribution in [-0.4, -0.2) is 28.8 Å². The molecule has 0 saturated heterocycles. The minimum Gasteiger partial charge on any atom is -0.475 e. The fourth-order valence-corrected chi connectivity index (χ4v) is 2.58. The van der Waals surface area contributed by atoms with Crippen LogP contribution in [0.2, 0.25) is 0 Å². The molecule has 1 aliphatic carbocycles. The van der Waals surface area contributed by atoms with Gasteiger partial charge in [0.1, 0.15) is 5.76 Å². The SMILES string of the molecule is CC(NC1CCCC1CO)c1ccc(C(=O)O)o1. The predicted octanol–water partition coefficient (Wildman–Crippen LogP) is 1.79. The van der Waals surface area contributed by atoms with Crippen LogP contribution in [-0.2, 0) is 0 Å². The third kappa shape index (κ3) is 2.73. The van der Waals surface area contributed by atoms with Crippen LogP contribution in [0.3, 0.4) is 0 Å². The predicted molar refractivity (Wildman–Crippen MR) is 65.4 cm³/mol. The van der Waals surface area contributed by atoms with Crippen LogP contribution in [0.25, 0.3) is 0 Å². The molecule has 0 aliphatic heterocycles. The van der Waals surface area contributed by atoms with E-state index in [-0.39, 0.29) is 24.5 Å². The van der Waals surface area contributed by atoms with Crippen LogP contribution in [0.15, 0.2) is 16.5 Å². The summed E-state index contributed by atoms with van der Waals surface area (Å²) in [5.74, 6) is -0.177. The average molecular weight is 253 g/mol. The largest absolute Gasteiger partial charge is 0.475 e. The van der Waals surface area contributed by atoms with Gasteiger partial charge < -0.3 is 19.9 Å². The van der Waals surface area contributed by atoms with Crippen LogP contribution in [0, 0.1) is 5.92 Å². The molecule has 0 spiro atoms. The van der Waals surface area contributed by atoms with Crippen LogP contribution in [0.4, 0.5) is 0 Å². The van der Waals surface area contributed by atoms with E-state index in [0.717, 1.165) is 19.3 Å². The standard InChI is InChI=1S/C13H19NO4/c1-8(11-5-6-12(18-11)13(16)17)14-10-4-2-3-9(10)7-15/h5-6,8-10,14-15H,2-4,7H2,1H3,(H,16,17). The van der Waals surface area contributed by atoms with Gasteiger partial charge in [-0.15, -0.1) is 0 Å². The highest BCUT2D eigenvalue weighted by Gasteiger charge is 2.28. The van der Waals surface area contributed by atoms with Crippen molar-refractivity contribution in [2.45, 2.75) is 38.3 Å². The zero-order chi connectivity index (χ0) is 13.1. The van der Waals surface area contributed by atoms with Gasteiger partial charge in [0.25, 0.3) is 0 Å². The first-order valence-corrected chi connectivity index (χ1v) is 6.31. The lowest BCUT2D eigenvalue weighted by atomic mass is 10.0. The van der Waals surface area contributed by atoms with Gasteiger partial charge in [0.05, 0.1) is 6.04 Å². The molecule has 0 aromatic carbocycles. The van der Waals surface area contributed by atoms with Crippen LogP contribution in [0.1, 0.15) is 48.5 Å². The maximum atomic E-state index is 10.7. The van der Waals surface area contributed by atoms with E-state index in [1.165, 1.54) is 6.07 Å². The Hall–Kier alpha value is -1.33. The molecule has 3 N–H and O–H groups in total. The number of nitrogens with one attached hydrogen (secondary N) is 1. The number of hydrogen-bond donors (Lipinski definition) is 3. The molecule has 1 fully saturated rings. The summed E-state index contributed by atoms with van der Waals surface area (Å²) >= 11 is 0. The molecule has 3 unspecified atom stereocenters. The highest BCUT2D eigenvalue weighted by Crippen LogP contribution is 2.28. The van der Waals surface area contributed by atoms with E-state index in [1.54, 1.807) is 6.07 Å². The Labute approximate surface area is 106 Å². The summed E-state index contributed by atoms with van der Waals surface area (Å²) in [6.45, 7) is 2.14. The highest BCUT2D eigenvalue weighted by atomic mass is 16.4. The molecule has 18 heavy (non-hydrogen) atoms. The fourth-order valence-electron chi connectivity index (χ4n) is 2.58. The van der Waals surface area contributed by atoms with Crippen molar-refractivity contribution in [1.29, 1.82) is 0 Å². The summed E-state index contributed by atoms with van der Waals surface area (Å²) in [7, 11) is 0. The number of hydrogen-bond acceptors (Lipinski definition) is 4. The second-order valence-electron chi connectivity index (χ2n) is 4.88. The van der Waals surface area contributed by atoms with Gasteiger partial charge in [0, 0.05) is 12.6 Å². The Balaban J connectivity index is 1.98. The van der Waals surface area contributed by atoms with E-state index in [4.69, 9.17) is 9.52 Å².